The predicted molar refractivity (Wildman–Crippen MR) is 108 cm³/mol. The van der Waals surface area contributed by atoms with Crippen molar-refractivity contribution < 1.29 is 38.6 Å². The van der Waals surface area contributed by atoms with E-state index in [-0.39, 0.29) is 5.76 Å². The highest BCUT2D eigenvalue weighted by Crippen LogP contribution is 2.15. The maximum absolute atomic E-state index is 10.9. The molecule has 0 bridgehead atoms. The van der Waals surface area contributed by atoms with Crippen molar-refractivity contribution in [2.75, 3.05) is 0 Å². The van der Waals surface area contributed by atoms with Gasteiger partial charge in [0.05, 0.1) is 0 Å². The van der Waals surface area contributed by atoms with Crippen molar-refractivity contribution in [1.82, 2.24) is 0 Å². The molecule has 0 atom stereocenters. The lowest BCUT2D eigenvalue weighted by atomic mass is 10.1. The van der Waals surface area contributed by atoms with E-state index >= 15 is 0 Å². The lowest BCUT2D eigenvalue weighted by molar-refractivity contribution is -0.137. The Morgan fingerprint density at radius 3 is 1.57 bits per heavy atom. The van der Waals surface area contributed by atoms with Gasteiger partial charge in [0.2, 0.25) is 5.78 Å². The lowest BCUT2D eigenvalue weighted by Crippen LogP contribution is -2.00. The Balaban J connectivity index is 0.000000510. The van der Waals surface area contributed by atoms with E-state index in [1.807, 2.05) is 6.07 Å². The number of aliphatic carboxylic acids is 1. The van der Waals surface area contributed by atoms with Crippen LogP contribution in [0.1, 0.15) is 36.7 Å². The molecule has 0 aliphatic rings. The largest absolute Gasteiger partial charge is 0.481 e. The van der Waals surface area contributed by atoms with Crippen molar-refractivity contribution in [3.8, 4) is 0 Å². The van der Waals surface area contributed by atoms with E-state index in [1.54, 1.807) is 54.6 Å². The van der Waals surface area contributed by atoms with Gasteiger partial charge in [-0.05, 0) is 0 Å². The van der Waals surface area contributed by atoms with E-state index in [4.69, 9.17) is 14.6 Å². The number of carbonyl (C=O) groups excluding carboxylic acids is 4. The molecule has 0 aliphatic heterocycles. The summed E-state index contributed by atoms with van der Waals surface area (Å²) in [7, 11) is 0. The number of ketones is 1. The Kier molecular flexibility index (Phi) is 12.9. The highest BCUT2D eigenvalue weighted by molar-refractivity contribution is 6.33. The van der Waals surface area contributed by atoms with Crippen molar-refractivity contribution in [1.29, 1.82) is 0 Å². The van der Waals surface area contributed by atoms with Crippen LogP contribution in [0.15, 0.2) is 66.9 Å². The van der Waals surface area contributed by atoms with Crippen LogP contribution < -0.4 is 0 Å². The molecule has 2 aromatic rings. The molecule has 0 fully saturated rings. The van der Waals surface area contributed by atoms with E-state index in [9.17, 15) is 19.2 Å². The molecule has 0 radical (unpaired) electrons. The number of carboxylic acids is 1. The SMILES string of the molecule is CC(=O)O.CC(=O)O/C=C(\OC(C)=O)c1ccccc1.O=CC(=O)c1ccccc1. The molecule has 0 heterocycles. The Morgan fingerprint density at radius 1 is 0.767 bits per heavy atom. The van der Waals surface area contributed by atoms with Crippen molar-refractivity contribution in [2.45, 2.75) is 20.8 Å². The standard InChI is InChI=1S/C12H12O4.C8H6O2.C2H4O2/c1-9(13)15-8-12(16-10(2)14)11-6-4-3-5-7-11;9-6-8(10)7-4-2-1-3-5-7;1-2(3)4/h3-8H,1-2H3;1-6H;1H3,(H,3,4)/b12-8-;;. The summed E-state index contributed by atoms with van der Waals surface area (Å²) in [6, 6.07) is 17.4. The first-order valence-corrected chi connectivity index (χ1v) is 8.52. The molecule has 0 amide bonds. The minimum atomic E-state index is -0.833. The van der Waals surface area contributed by atoms with Crippen LogP contribution in [0.25, 0.3) is 5.76 Å². The molecule has 0 aliphatic carbocycles. The van der Waals surface area contributed by atoms with Crippen LogP contribution in [0.3, 0.4) is 0 Å². The fourth-order valence-corrected chi connectivity index (χ4v) is 1.72. The quantitative estimate of drug-likeness (QED) is 0.260. The maximum atomic E-state index is 10.9. The molecule has 0 aromatic heterocycles. The first-order valence-electron chi connectivity index (χ1n) is 8.52. The number of carboxylic acid groups (broad SMARTS) is 1. The van der Waals surface area contributed by atoms with Gasteiger partial charge in [-0.1, -0.05) is 60.7 Å². The van der Waals surface area contributed by atoms with Crippen LogP contribution in [-0.2, 0) is 28.7 Å². The fraction of sp³-hybridized carbons (Fsp3) is 0.136. The second kappa shape index (κ2) is 14.9. The maximum Gasteiger partial charge on any atom is 0.308 e. The molecule has 2 aromatic carbocycles. The Morgan fingerprint density at radius 2 is 1.20 bits per heavy atom. The third kappa shape index (κ3) is 13.2. The third-order valence-electron chi connectivity index (χ3n) is 2.81. The van der Waals surface area contributed by atoms with Gasteiger partial charge < -0.3 is 14.6 Å². The topological polar surface area (TPSA) is 124 Å². The van der Waals surface area contributed by atoms with Gasteiger partial charge in [-0.25, -0.2) is 0 Å². The first-order chi connectivity index (χ1) is 14.2. The monoisotopic (exact) mass is 414 g/mol. The highest BCUT2D eigenvalue weighted by atomic mass is 16.6. The van der Waals surface area contributed by atoms with E-state index in [0.717, 1.165) is 13.2 Å². The average Bonchev–Trinajstić information content (AvgIpc) is 2.71. The zero-order chi connectivity index (χ0) is 22.9. The molecule has 30 heavy (non-hydrogen) atoms. The molecule has 158 valence electrons. The molecule has 8 heteroatoms. The van der Waals surface area contributed by atoms with Crippen LogP contribution in [0, 0.1) is 0 Å². The van der Waals surface area contributed by atoms with E-state index in [0.29, 0.717) is 17.4 Å². The number of carbonyl (C=O) groups is 5. The molecule has 1 N–H and O–H groups in total. The van der Waals surface area contributed by atoms with Gasteiger partial charge in [0.25, 0.3) is 5.97 Å². The second-order valence-electron chi connectivity index (χ2n) is 5.42. The van der Waals surface area contributed by atoms with Gasteiger partial charge in [0.1, 0.15) is 6.26 Å². The van der Waals surface area contributed by atoms with Crippen LogP contribution in [0.2, 0.25) is 0 Å². The number of benzene rings is 2. The van der Waals surface area contributed by atoms with Gasteiger partial charge >= 0.3 is 11.9 Å². The van der Waals surface area contributed by atoms with Crippen molar-refractivity contribution in [3.63, 3.8) is 0 Å². The Labute approximate surface area is 173 Å². The summed E-state index contributed by atoms with van der Waals surface area (Å²) in [4.78, 5) is 51.1. The Hall–Kier alpha value is -4.07. The summed E-state index contributed by atoms with van der Waals surface area (Å²) in [5, 5.41) is 7.42. The number of aldehydes is 1. The van der Waals surface area contributed by atoms with Gasteiger partial charge in [0.15, 0.2) is 12.0 Å². The minimum Gasteiger partial charge on any atom is -0.481 e. The summed E-state index contributed by atoms with van der Waals surface area (Å²) in [5.74, 6) is -2.04. The molecule has 0 spiro atoms. The number of hydrogen-bond acceptors (Lipinski definition) is 7. The zero-order valence-corrected chi connectivity index (χ0v) is 16.7. The van der Waals surface area contributed by atoms with Gasteiger partial charge in [-0.15, -0.1) is 0 Å². The predicted octanol–water partition coefficient (Wildman–Crippen LogP) is 3.27. The molecule has 8 nitrogen and oxygen atoms in total. The average molecular weight is 414 g/mol. The lowest BCUT2D eigenvalue weighted by Gasteiger charge is -2.06. The summed E-state index contributed by atoms with van der Waals surface area (Å²) in [6.07, 6.45) is 1.44. The van der Waals surface area contributed by atoms with Gasteiger partial charge in [-0.3, -0.25) is 24.0 Å². The highest BCUT2D eigenvalue weighted by Gasteiger charge is 2.06. The first kappa shape index (κ1) is 25.9. The molecular weight excluding hydrogens is 392 g/mol. The molecular formula is C22H22O8. The van der Waals surface area contributed by atoms with Gasteiger partial charge in [-0.2, -0.15) is 0 Å². The molecule has 2 rings (SSSR count). The van der Waals surface area contributed by atoms with Crippen molar-refractivity contribution >= 4 is 35.7 Å². The van der Waals surface area contributed by atoms with Crippen molar-refractivity contribution in [3.05, 3.63) is 78.1 Å². The van der Waals surface area contributed by atoms with Crippen LogP contribution >= 0.6 is 0 Å². The van der Waals surface area contributed by atoms with E-state index < -0.39 is 23.7 Å². The normalized spacial score (nSPS) is 9.50. The number of esters is 2. The summed E-state index contributed by atoms with van der Waals surface area (Å²) >= 11 is 0. The number of ether oxygens (including phenoxy) is 2. The smallest absolute Gasteiger partial charge is 0.308 e. The Bertz CT molecular complexity index is 867. The van der Waals surface area contributed by atoms with E-state index in [2.05, 4.69) is 4.74 Å². The number of hydrogen-bond donors (Lipinski definition) is 1. The summed E-state index contributed by atoms with van der Waals surface area (Å²) in [5.41, 5.74) is 1.11. The molecule has 0 unspecified atom stereocenters. The van der Waals surface area contributed by atoms with Crippen molar-refractivity contribution in [2.24, 2.45) is 0 Å². The second-order valence-corrected chi connectivity index (χ2v) is 5.42. The molecule has 0 saturated carbocycles. The fourth-order valence-electron chi connectivity index (χ4n) is 1.72. The number of rotatable bonds is 5. The summed E-state index contributed by atoms with van der Waals surface area (Å²) < 4.78 is 9.61. The van der Waals surface area contributed by atoms with Crippen LogP contribution in [-0.4, -0.2) is 35.1 Å². The van der Waals surface area contributed by atoms with E-state index in [1.165, 1.54) is 13.8 Å². The summed E-state index contributed by atoms with van der Waals surface area (Å²) in [6.45, 7) is 3.64. The van der Waals surface area contributed by atoms with Gasteiger partial charge in [0, 0.05) is 31.9 Å². The zero-order valence-electron chi connectivity index (χ0n) is 16.7. The third-order valence-corrected chi connectivity index (χ3v) is 2.81. The van der Waals surface area contributed by atoms with Crippen LogP contribution in [0.5, 0.6) is 0 Å². The number of Topliss-reactive ketones (excluding diaryl/α,β-unsaturated/α-hetero) is 1. The van der Waals surface area contributed by atoms with Crippen LogP contribution in [0.4, 0.5) is 0 Å². The molecule has 0 saturated heterocycles. The minimum absolute atomic E-state index is 0.211.